The number of para-hydroxylation sites is 1. The van der Waals surface area contributed by atoms with E-state index < -0.39 is 0 Å². The molecule has 0 aliphatic carbocycles. The molecule has 1 amide bonds. The van der Waals surface area contributed by atoms with E-state index in [1.165, 1.54) is 0 Å². The second kappa shape index (κ2) is 7.75. The van der Waals surface area contributed by atoms with Crippen LogP contribution in [-0.2, 0) is 7.05 Å². The third-order valence-electron chi connectivity index (χ3n) is 5.46. The summed E-state index contributed by atoms with van der Waals surface area (Å²) < 4.78 is 13.0. The molecule has 1 atom stereocenters. The Balaban J connectivity index is 1.48. The van der Waals surface area contributed by atoms with Crippen LogP contribution in [0.25, 0.3) is 22.3 Å². The molecule has 0 bridgehead atoms. The first-order chi connectivity index (χ1) is 15.1. The fourth-order valence-electron chi connectivity index (χ4n) is 3.81. The second-order valence-corrected chi connectivity index (χ2v) is 7.51. The summed E-state index contributed by atoms with van der Waals surface area (Å²) in [5.41, 5.74) is 3.84. The van der Waals surface area contributed by atoms with Gasteiger partial charge in [-0.15, -0.1) is 0 Å². The van der Waals surface area contributed by atoms with E-state index in [2.05, 4.69) is 10.4 Å². The van der Waals surface area contributed by atoms with Crippen LogP contribution in [0.4, 0.5) is 0 Å². The van der Waals surface area contributed by atoms with Crippen molar-refractivity contribution in [1.29, 1.82) is 0 Å². The number of aromatic nitrogens is 3. The number of carbonyl (C=O) groups is 1. The second-order valence-electron chi connectivity index (χ2n) is 7.51. The van der Waals surface area contributed by atoms with E-state index in [-0.39, 0.29) is 11.9 Å². The number of rotatable bonds is 4. The van der Waals surface area contributed by atoms with Gasteiger partial charge in [0.1, 0.15) is 13.2 Å². The van der Waals surface area contributed by atoms with Crippen molar-refractivity contribution in [2.24, 2.45) is 7.05 Å². The minimum absolute atomic E-state index is 0.163. The Morgan fingerprint density at radius 2 is 1.87 bits per heavy atom. The van der Waals surface area contributed by atoms with Gasteiger partial charge in [0.25, 0.3) is 5.91 Å². The smallest absolute Gasteiger partial charge is 0.252 e. The average molecular weight is 414 g/mol. The molecule has 0 saturated carbocycles. The third kappa shape index (κ3) is 3.59. The van der Waals surface area contributed by atoms with Crippen molar-refractivity contribution < 1.29 is 14.3 Å². The van der Waals surface area contributed by atoms with Gasteiger partial charge in [0.05, 0.1) is 28.5 Å². The number of aryl methyl sites for hydroxylation is 1. The quantitative estimate of drug-likeness (QED) is 0.548. The van der Waals surface area contributed by atoms with Gasteiger partial charge in [-0.1, -0.05) is 24.3 Å². The van der Waals surface area contributed by atoms with Crippen molar-refractivity contribution in [3.05, 3.63) is 71.9 Å². The number of benzene rings is 2. The predicted octanol–water partition coefficient (Wildman–Crippen LogP) is 3.90. The van der Waals surface area contributed by atoms with Crippen LogP contribution < -0.4 is 14.8 Å². The molecule has 1 unspecified atom stereocenters. The number of amides is 1. The fraction of sp³-hybridized carbons (Fsp3) is 0.208. The largest absolute Gasteiger partial charge is 0.486 e. The summed E-state index contributed by atoms with van der Waals surface area (Å²) in [6.45, 7) is 3.03. The molecule has 0 spiro atoms. The van der Waals surface area contributed by atoms with E-state index in [0.29, 0.717) is 30.2 Å². The van der Waals surface area contributed by atoms with Gasteiger partial charge >= 0.3 is 0 Å². The summed E-state index contributed by atoms with van der Waals surface area (Å²) in [6, 6.07) is 16.9. The summed E-state index contributed by atoms with van der Waals surface area (Å²) in [6.07, 6.45) is 1.72. The summed E-state index contributed by atoms with van der Waals surface area (Å²) in [5, 5.41) is 8.14. The summed E-state index contributed by atoms with van der Waals surface area (Å²) in [4.78, 5) is 18.1. The minimum atomic E-state index is -0.213. The van der Waals surface area contributed by atoms with Gasteiger partial charge < -0.3 is 14.8 Å². The van der Waals surface area contributed by atoms with Crippen LogP contribution >= 0.6 is 0 Å². The summed E-state index contributed by atoms with van der Waals surface area (Å²) >= 11 is 0. The zero-order chi connectivity index (χ0) is 21.4. The number of nitrogens with zero attached hydrogens (tertiary/aromatic N) is 3. The molecule has 2 aromatic heterocycles. The number of fused-ring (bicyclic) bond motifs is 2. The van der Waals surface area contributed by atoms with Crippen LogP contribution in [0.3, 0.4) is 0 Å². The van der Waals surface area contributed by atoms with Crippen LogP contribution in [-0.4, -0.2) is 33.9 Å². The predicted molar refractivity (Wildman–Crippen MR) is 117 cm³/mol. The van der Waals surface area contributed by atoms with Gasteiger partial charge in [-0.3, -0.25) is 9.48 Å². The van der Waals surface area contributed by atoms with Gasteiger partial charge in [0, 0.05) is 18.6 Å². The van der Waals surface area contributed by atoms with Gasteiger partial charge in [-0.2, -0.15) is 5.10 Å². The maximum Gasteiger partial charge on any atom is 0.252 e. The molecule has 7 nitrogen and oxygen atoms in total. The van der Waals surface area contributed by atoms with Crippen LogP contribution in [0, 0.1) is 0 Å². The van der Waals surface area contributed by atoms with Crippen molar-refractivity contribution in [2.45, 2.75) is 13.0 Å². The van der Waals surface area contributed by atoms with Crippen molar-refractivity contribution in [3.63, 3.8) is 0 Å². The van der Waals surface area contributed by atoms with Gasteiger partial charge in [0.2, 0.25) is 0 Å². The number of pyridine rings is 1. The van der Waals surface area contributed by atoms with Crippen LogP contribution in [0.1, 0.15) is 28.9 Å². The highest BCUT2D eigenvalue weighted by Gasteiger charge is 2.19. The van der Waals surface area contributed by atoms with E-state index >= 15 is 0 Å². The molecule has 3 heterocycles. The Morgan fingerprint density at radius 3 is 2.68 bits per heavy atom. The molecule has 1 aliphatic rings. The van der Waals surface area contributed by atoms with Crippen molar-refractivity contribution in [1.82, 2.24) is 20.1 Å². The standard InChI is InChI=1S/C24H22N4O3/c1-15(16-7-8-22-23(13-16)31-12-11-30-22)26-24(29)18-14-20(21-9-10-25-28(21)2)27-19-6-4-3-5-17(18)19/h3-10,13-15H,11-12H2,1-2H3,(H,26,29). The molecule has 7 heteroatoms. The Kier molecular flexibility index (Phi) is 4.78. The SMILES string of the molecule is CC(NC(=O)c1cc(-c2ccnn2C)nc2ccccc12)c1ccc2c(c1)OCCO2. The Bertz CT molecular complexity index is 1280. The lowest BCUT2D eigenvalue weighted by Crippen LogP contribution is -2.27. The van der Waals surface area contributed by atoms with Crippen molar-refractivity contribution in [2.75, 3.05) is 13.2 Å². The van der Waals surface area contributed by atoms with Gasteiger partial charge in [-0.25, -0.2) is 4.98 Å². The van der Waals surface area contributed by atoms with Crippen LogP contribution in [0.15, 0.2) is 60.8 Å². The average Bonchev–Trinajstić information content (AvgIpc) is 3.23. The summed E-state index contributed by atoms with van der Waals surface area (Å²) in [7, 11) is 1.86. The van der Waals surface area contributed by atoms with Gasteiger partial charge in [-0.05, 0) is 42.8 Å². The highest BCUT2D eigenvalue weighted by Crippen LogP contribution is 2.33. The molecule has 4 aromatic rings. The Labute approximate surface area is 179 Å². The lowest BCUT2D eigenvalue weighted by molar-refractivity contribution is 0.0941. The number of ether oxygens (including phenoxy) is 2. The molecule has 1 N–H and O–H groups in total. The van der Waals surface area contributed by atoms with E-state index in [0.717, 1.165) is 27.9 Å². The lowest BCUT2D eigenvalue weighted by atomic mass is 10.0. The highest BCUT2D eigenvalue weighted by molar-refractivity contribution is 6.07. The zero-order valence-electron chi connectivity index (χ0n) is 17.3. The maximum absolute atomic E-state index is 13.3. The maximum atomic E-state index is 13.3. The first kappa shape index (κ1) is 19.1. The molecular formula is C24H22N4O3. The van der Waals surface area contributed by atoms with Crippen LogP contribution in [0.2, 0.25) is 0 Å². The molecule has 5 rings (SSSR count). The summed E-state index contributed by atoms with van der Waals surface area (Å²) in [5.74, 6) is 1.27. The Hall–Kier alpha value is -3.87. The highest BCUT2D eigenvalue weighted by atomic mass is 16.6. The van der Waals surface area contributed by atoms with Crippen molar-refractivity contribution >= 4 is 16.8 Å². The number of carbonyl (C=O) groups excluding carboxylic acids is 1. The molecular weight excluding hydrogens is 392 g/mol. The first-order valence-corrected chi connectivity index (χ1v) is 10.2. The van der Waals surface area contributed by atoms with Crippen LogP contribution in [0.5, 0.6) is 11.5 Å². The van der Waals surface area contributed by atoms with Gasteiger partial charge in [0.15, 0.2) is 11.5 Å². The zero-order valence-corrected chi connectivity index (χ0v) is 17.3. The minimum Gasteiger partial charge on any atom is -0.486 e. The molecule has 1 aliphatic heterocycles. The molecule has 0 saturated heterocycles. The van der Waals surface area contributed by atoms with E-state index in [4.69, 9.17) is 14.5 Å². The fourth-order valence-corrected chi connectivity index (χ4v) is 3.81. The Morgan fingerprint density at radius 1 is 1.06 bits per heavy atom. The molecule has 156 valence electrons. The lowest BCUT2D eigenvalue weighted by Gasteiger charge is -2.21. The number of hydrogen-bond acceptors (Lipinski definition) is 5. The molecule has 0 radical (unpaired) electrons. The van der Waals surface area contributed by atoms with E-state index in [1.54, 1.807) is 10.9 Å². The first-order valence-electron chi connectivity index (χ1n) is 10.2. The number of hydrogen-bond donors (Lipinski definition) is 1. The molecule has 0 fully saturated rings. The third-order valence-corrected chi connectivity index (χ3v) is 5.46. The molecule has 31 heavy (non-hydrogen) atoms. The topological polar surface area (TPSA) is 78.3 Å². The van der Waals surface area contributed by atoms with Crippen molar-refractivity contribution in [3.8, 4) is 22.9 Å². The van der Waals surface area contributed by atoms with E-state index in [1.807, 2.05) is 68.6 Å². The van der Waals surface area contributed by atoms with E-state index in [9.17, 15) is 4.79 Å². The number of nitrogens with one attached hydrogen (secondary N) is 1. The normalized spacial score (nSPS) is 13.7. The molecule has 2 aromatic carbocycles. The monoisotopic (exact) mass is 414 g/mol.